The number of hydrogen-bond acceptors (Lipinski definition) is 3. The van der Waals surface area contributed by atoms with Crippen LogP contribution in [0.4, 0.5) is 0 Å². The molecular formula is C16H29N3. The molecule has 1 N–H and O–H groups in total. The highest BCUT2D eigenvalue weighted by Crippen LogP contribution is 2.06. The van der Waals surface area contributed by atoms with Gasteiger partial charge >= 0.3 is 0 Å². The molecule has 0 spiro atoms. The standard InChI is InChI=1S/C16H29N3/c1-4-10-18-16(9-12-19(5-2)6-3)13-15-8-7-11-17-14-15/h7-8,11,14,16,18H,4-6,9-10,12-13H2,1-3H3. The Balaban J connectivity index is 2.46. The molecule has 1 atom stereocenters. The molecule has 0 aliphatic carbocycles. The van der Waals surface area contributed by atoms with E-state index in [0.29, 0.717) is 6.04 Å². The maximum atomic E-state index is 4.21. The number of aromatic nitrogens is 1. The van der Waals surface area contributed by atoms with Gasteiger partial charge in [-0.25, -0.2) is 0 Å². The smallest absolute Gasteiger partial charge is 0.0300 e. The maximum absolute atomic E-state index is 4.21. The van der Waals surface area contributed by atoms with Crippen LogP contribution in [0.1, 0.15) is 39.2 Å². The van der Waals surface area contributed by atoms with Gasteiger partial charge in [0.05, 0.1) is 0 Å². The molecule has 3 heteroatoms. The second kappa shape index (κ2) is 9.93. The van der Waals surface area contributed by atoms with Crippen molar-refractivity contribution in [2.45, 2.75) is 46.1 Å². The van der Waals surface area contributed by atoms with Gasteiger partial charge in [0, 0.05) is 18.4 Å². The van der Waals surface area contributed by atoms with Gasteiger partial charge < -0.3 is 10.2 Å². The Bertz CT molecular complexity index is 309. The van der Waals surface area contributed by atoms with E-state index in [1.165, 1.54) is 24.9 Å². The fourth-order valence-electron chi connectivity index (χ4n) is 2.31. The summed E-state index contributed by atoms with van der Waals surface area (Å²) in [5.74, 6) is 0. The van der Waals surface area contributed by atoms with Crippen LogP contribution in [-0.4, -0.2) is 42.1 Å². The van der Waals surface area contributed by atoms with Crippen molar-refractivity contribution in [3.05, 3.63) is 30.1 Å². The van der Waals surface area contributed by atoms with E-state index in [-0.39, 0.29) is 0 Å². The van der Waals surface area contributed by atoms with Crippen LogP contribution in [0.5, 0.6) is 0 Å². The fraction of sp³-hybridized carbons (Fsp3) is 0.688. The molecule has 0 saturated carbocycles. The summed E-state index contributed by atoms with van der Waals surface area (Å²) in [5.41, 5.74) is 1.33. The van der Waals surface area contributed by atoms with E-state index >= 15 is 0 Å². The molecule has 0 amide bonds. The van der Waals surface area contributed by atoms with Gasteiger partial charge in [0.2, 0.25) is 0 Å². The van der Waals surface area contributed by atoms with Crippen molar-refractivity contribution in [1.29, 1.82) is 0 Å². The van der Waals surface area contributed by atoms with E-state index in [1.54, 1.807) is 0 Å². The summed E-state index contributed by atoms with van der Waals surface area (Å²) in [7, 11) is 0. The van der Waals surface area contributed by atoms with Gasteiger partial charge in [0.25, 0.3) is 0 Å². The third kappa shape index (κ3) is 6.69. The Hall–Kier alpha value is -0.930. The Morgan fingerprint density at radius 3 is 2.63 bits per heavy atom. The lowest BCUT2D eigenvalue weighted by atomic mass is 10.0. The third-order valence-electron chi connectivity index (χ3n) is 3.58. The van der Waals surface area contributed by atoms with Crippen molar-refractivity contribution in [2.24, 2.45) is 0 Å². The molecule has 1 rings (SSSR count). The number of nitrogens with one attached hydrogen (secondary N) is 1. The highest BCUT2D eigenvalue weighted by Gasteiger charge is 2.10. The van der Waals surface area contributed by atoms with Gasteiger partial charge in [-0.3, -0.25) is 4.98 Å². The molecule has 108 valence electrons. The van der Waals surface area contributed by atoms with Crippen LogP contribution < -0.4 is 5.32 Å². The highest BCUT2D eigenvalue weighted by atomic mass is 15.1. The summed E-state index contributed by atoms with van der Waals surface area (Å²) in [4.78, 5) is 6.70. The molecule has 0 saturated heterocycles. The SMILES string of the molecule is CCCNC(CCN(CC)CC)Cc1cccnc1. The molecule has 19 heavy (non-hydrogen) atoms. The first kappa shape index (κ1) is 16.1. The molecule has 1 unspecified atom stereocenters. The van der Waals surface area contributed by atoms with E-state index in [2.05, 4.69) is 42.0 Å². The van der Waals surface area contributed by atoms with Crippen molar-refractivity contribution in [3.63, 3.8) is 0 Å². The lowest BCUT2D eigenvalue weighted by Crippen LogP contribution is -2.36. The summed E-state index contributed by atoms with van der Waals surface area (Å²) in [6.45, 7) is 11.3. The molecule has 0 aliphatic rings. The minimum Gasteiger partial charge on any atom is -0.314 e. The summed E-state index contributed by atoms with van der Waals surface area (Å²) in [6, 6.07) is 4.76. The summed E-state index contributed by atoms with van der Waals surface area (Å²) in [5, 5.41) is 3.67. The van der Waals surface area contributed by atoms with E-state index in [0.717, 1.165) is 26.1 Å². The van der Waals surface area contributed by atoms with Gasteiger partial charge in [-0.1, -0.05) is 26.8 Å². The molecule has 0 aromatic carbocycles. The minimum absolute atomic E-state index is 0.560. The average molecular weight is 263 g/mol. The van der Waals surface area contributed by atoms with Crippen LogP contribution in [0.25, 0.3) is 0 Å². The van der Waals surface area contributed by atoms with E-state index in [9.17, 15) is 0 Å². The van der Waals surface area contributed by atoms with Crippen molar-refractivity contribution in [1.82, 2.24) is 15.2 Å². The monoisotopic (exact) mass is 263 g/mol. The Morgan fingerprint density at radius 2 is 2.05 bits per heavy atom. The lowest BCUT2D eigenvalue weighted by molar-refractivity contribution is 0.280. The van der Waals surface area contributed by atoms with E-state index < -0.39 is 0 Å². The van der Waals surface area contributed by atoms with Crippen LogP contribution in [0.2, 0.25) is 0 Å². The molecule has 1 aromatic heterocycles. The fourth-order valence-corrected chi connectivity index (χ4v) is 2.31. The zero-order valence-corrected chi connectivity index (χ0v) is 12.7. The minimum atomic E-state index is 0.560. The van der Waals surface area contributed by atoms with Gasteiger partial charge in [-0.2, -0.15) is 0 Å². The first-order valence-electron chi connectivity index (χ1n) is 7.64. The second-order valence-electron chi connectivity index (χ2n) is 5.03. The molecule has 1 aromatic rings. The summed E-state index contributed by atoms with van der Waals surface area (Å²) < 4.78 is 0. The molecule has 3 nitrogen and oxygen atoms in total. The number of rotatable bonds is 10. The molecule has 0 aliphatic heterocycles. The predicted octanol–water partition coefficient (Wildman–Crippen LogP) is 2.72. The van der Waals surface area contributed by atoms with Crippen LogP contribution in [0.3, 0.4) is 0 Å². The topological polar surface area (TPSA) is 28.2 Å². The Kier molecular flexibility index (Phi) is 8.43. The van der Waals surface area contributed by atoms with Crippen molar-refractivity contribution >= 4 is 0 Å². The van der Waals surface area contributed by atoms with Gasteiger partial charge in [-0.15, -0.1) is 0 Å². The lowest BCUT2D eigenvalue weighted by Gasteiger charge is -2.23. The maximum Gasteiger partial charge on any atom is 0.0300 e. The number of nitrogens with zero attached hydrogens (tertiary/aromatic N) is 2. The quantitative estimate of drug-likeness (QED) is 0.703. The van der Waals surface area contributed by atoms with E-state index in [4.69, 9.17) is 0 Å². The summed E-state index contributed by atoms with van der Waals surface area (Å²) in [6.07, 6.45) is 7.30. The summed E-state index contributed by atoms with van der Waals surface area (Å²) >= 11 is 0. The zero-order chi connectivity index (χ0) is 13.9. The zero-order valence-electron chi connectivity index (χ0n) is 12.7. The largest absolute Gasteiger partial charge is 0.314 e. The Morgan fingerprint density at radius 1 is 1.26 bits per heavy atom. The molecule has 0 bridgehead atoms. The van der Waals surface area contributed by atoms with Crippen molar-refractivity contribution in [2.75, 3.05) is 26.2 Å². The van der Waals surface area contributed by atoms with Crippen LogP contribution >= 0.6 is 0 Å². The van der Waals surface area contributed by atoms with Crippen LogP contribution in [-0.2, 0) is 6.42 Å². The predicted molar refractivity (Wildman–Crippen MR) is 82.4 cm³/mol. The first-order chi connectivity index (χ1) is 9.30. The van der Waals surface area contributed by atoms with Gasteiger partial charge in [0.1, 0.15) is 0 Å². The number of pyridine rings is 1. The van der Waals surface area contributed by atoms with E-state index in [1.807, 2.05) is 18.5 Å². The molecule has 0 radical (unpaired) electrons. The van der Waals surface area contributed by atoms with Gasteiger partial charge in [-0.05, 0) is 57.1 Å². The normalized spacial score (nSPS) is 12.8. The van der Waals surface area contributed by atoms with Crippen molar-refractivity contribution in [3.8, 4) is 0 Å². The van der Waals surface area contributed by atoms with Crippen molar-refractivity contribution < 1.29 is 0 Å². The number of hydrogen-bond donors (Lipinski definition) is 1. The molecular weight excluding hydrogens is 234 g/mol. The van der Waals surface area contributed by atoms with Crippen LogP contribution in [0, 0.1) is 0 Å². The van der Waals surface area contributed by atoms with Gasteiger partial charge in [0.15, 0.2) is 0 Å². The highest BCUT2D eigenvalue weighted by molar-refractivity contribution is 5.10. The molecule has 1 heterocycles. The van der Waals surface area contributed by atoms with Crippen LogP contribution in [0.15, 0.2) is 24.5 Å². The third-order valence-corrected chi connectivity index (χ3v) is 3.58. The second-order valence-corrected chi connectivity index (χ2v) is 5.03. The first-order valence-corrected chi connectivity index (χ1v) is 7.64. The molecule has 0 fully saturated rings. The Labute approximate surface area is 118 Å². The average Bonchev–Trinajstić information content (AvgIpc) is 2.46.